The molecule has 0 bridgehead atoms. The van der Waals surface area contributed by atoms with Gasteiger partial charge in [0.2, 0.25) is 5.82 Å². The van der Waals surface area contributed by atoms with E-state index < -0.39 is 11.9 Å². The van der Waals surface area contributed by atoms with E-state index in [1.54, 1.807) is 12.1 Å². The number of aliphatic hydroxyl groups is 1. The summed E-state index contributed by atoms with van der Waals surface area (Å²) < 4.78 is 10.7. The van der Waals surface area contributed by atoms with E-state index in [0.29, 0.717) is 17.8 Å². The molecule has 7 nitrogen and oxygen atoms in total. The third-order valence-corrected chi connectivity index (χ3v) is 3.99. The molecule has 0 aliphatic carbocycles. The van der Waals surface area contributed by atoms with Crippen molar-refractivity contribution in [3.8, 4) is 17.1 Å². The molecule has 0 fully saturated rings. The maximum Gasteiger partial charge on any atom is 0.316 e. The smallest absolute Gasteiger partial charge is 0.316 e. The Morgan fingerprint density at radius 1 is 1.14 bits per heavy atom. The molecule has 28 heavy (non-hydrogen) atoms. The molecular weight excluding hydrogens is 358 g/mol. The summed E-state index contributed by atoms with van der Waals surface area (Å²) in [6.07, 6.45) is 0.586. The van der Waals surface area contributed by atoms with Gasteiger partial charge in [-0.15, -0.1) is 0 Å². The van der Waals surface area contributed by atoms with E-state index in [4.69, 9.17) is 9.26 Å². The zero-order valence-corrected chi connectivity index (χ0v) is 15.8. The Bertz CT molecular complexity index is 892. The zero-order chi connectivity index (χ0) is 19.9. The highest BCUT2D eigenvalue weighted by Crippen LogP contribution is 2.20. The van der Waals surface area contributed by atoms with Crippen molar-refractivity contribution < 1.29 is 19.2 Å². The topological polar surface area (TPSA) is 97.5 Å². The van der Waals surface area contributed by atoms with Crippen LogP contribution in [0.25, 0.3) is 11.4 Å². The third kappa shape index (κ3) is 5.17. The number of carbonyl (C=O) groups excluding carboxylic acids is 1. The molecule has 7 heteroatoms. The summed E-state index contributed by atoms with van der Waals surface area (Å²) in [6, 6.07) is 16.4. The molecule has 2 aromatic carbocycles. The van der Waals surface area contributed by atoms with Gasteiger partial charge in [0.1, 0.15) is 5.75 Å². The van der Waals surface area contributed by atoms with Crippen molar-refractivity contribution >= 4 is 5.91 Å². The fourth-order valence-electron chi connectivity index (χ4n) is 2.69. The van der Waals surface area contributed by atoms with Crippen LogP contribution in [-0.4, -0.2) is 39.9 Å². The quantitative estimate of drug-likeness (QED) is 0.623. The highest BCUT2D eigenvalue weighted by molar-refractivity contribution is 5.90. The molecule has 1 atom stereocenters. The number of benzene rings is 2. The molecule has 1 heterocycles. The molecule has 0 radical (unpaired) electrons. The van der Waals surface area contributed by atoms with Gasteiger partial charge in [0.25, 0.3) is 0 Å². The molecule has 0 aliphatic heterocycles. The first-order valence-electron chi connectivity index (χ1n) is 9.11. The highest BCUT2D eigenvalue weighted by Gasteiger charge is 2.20. The third-order valence-electron chi connectivity index (χ3n) is 3.99. The van der Waals surface area contributed by atoms with Gasteiger partial charge >= 0.3 is 11.8 Å². The lowest BCUT2D eigenvalue weighted by Gasteiger charge is -2.14. The number of carbonyl (C=O) groups is 1. The fourth-order valence-corrected chi connectivity index (χ4v) is 2.69. The van der Waals surface area contributed by atoms with Crippen LogP contribution in [0.2, 0.25) is 0 Å². The number of rotatable bonds is 8. The SMILES string of the molecule is CC(C)Oc1ccc(-c2noc(C(=O)NC(CO)Cc3ccccc3)n2)cc1. The molecule has 3 rings (SSSR count). The molecule has 0 saturated carbocycles. The van der Waals surface area contributed by atoms with Gasteiger partial charge in [-0.1, -0.05) is 35.5 Å². The number of ether oxygens (including phenoxy) is 1. The summed E-state index contributed by atoms with van der Waals surface area (Å²) in [5.41, 5.74) is 1.72. The average molecular weight is 381 g/mol. The lowest BCUT2D eigenvalue weighted by atomic mass is 10.1. The van der Waals surface area contributed by atoms with Gasteiger partial charge in [-0.3, -0.25) is 4.79 Å². The second-order valence-corrected chi connectivity index (χ2v) is 6.66. The van der Waals surface area contributed by atoms with E-state index in [2.05, 4.69) is 15.5 Å². The highest BCUT2D eigenvalue weighted by atomic mass is 16.5. The first kappa shape index (κ1) is 19.6. The first-order valence-corrected chi connectivity index (χ1v) is 9.11. The van der Waals surface area contributed by atoms with Crippen LogP contribution in [0.5, 0.6) is 5.75 Å². The van der Waals surface area contributed by atoms with Crippen LogP contribution >= 0.6 is 0 Å². The second-order valence-electron chi connectivity index (χ2n) is 6.66. The van der Waals surface area contributed by atoms with E-state index in [1.165, 1.54) is 0 Å². The van der Waals surface area contributed by atoms with E-state index >= 15 is 0 Å². The van der Waals surface area contributed by atoms with Crippen molar-refractivity contribution in [2.45, 2.75) is 32.4 Å². The summed E-state index contributed by atoms with van der Waals surface area (Å²) in [4.78, 5) is 16.5. The average Bonchev–Trinajstić information content (AvgIpc) is 3.19. The van der Waals surface area contributed by atoms with Gasteiger partial charge in [-0.05, 0) is 50.1 Å². The summed E-state index contributed by atoms with van der Waals surface area (Å²) >= 11 is 0. The Morgan fingerprint density at radius 3 is 2.50 bits per heavy atom. The van der Waals surface area contributed by atoms with Gasteiger partial charge in [0.05, 0.1) is 18.8 Å². The Labute approximate surface area is 163 Å². The summed E-state index contributed by atoms with van der Waals surface area (Å²) in [6.45, 7) is 3.71. The molecular formula is C21H23N3O4. The van der Waals surface area contributed by atoms with Gasteiger partial charge in [0.15, 0.2) is 0 Å². The minimum atomic E-state index is -0.520. The zero-order valence-electron chi connectivity index (χ0n) is 15.8. The van der Waals surface area contributed by atoms with Crippen LogP contribution in [-0.2, 0) is 6.42 Å². The lowest BCUT2D eigenvalue weighted by molar-refractivity contribution is 0.0872. The molecule has 2 N–H and O–H groups in total. The van der Waals surface area contributed by atoms with E-state index in [1.807, 2.05) is 56.3 Å². The number of amides is 1. The van der Waals surface area contributed by atoms with Crippen molar-refractivity contribution in [2.24, 2.45) is 0 Å². The van der Waals surface area contributed by atoms with Crippen molar-refractivity contribution in [3.63, 3.8) is 0 Å². The Morgan fingerprint density at radius 2 is 1.86 bits per heavy atom. The number of aromatic nitrogens is 2. The molecule has 146 valence electrons. The van der Waals surface area contributed by atoms with Crippen LogP contribution in [0.3, 0.4) is 0 Å². The van der Waals surface area contributed by atoms with Crippen LogP contribution in [0, 0.1) is 0 Å². The number of hydrogen-bond acceptors (Lipinski definition) is 6. The fraction of sp³-hybridized carbons (Fsp3) is 0.286. The number of aliphatic hydroxyl groups excluding tert-OH is 1. The Balaban J connectivity index is 1.64. The summed E-state index contributed by atoms with van der Waals surface area (Å²) in [7, 11) is 0. The standard InChI is InChI=1S/C21H23N3O4/c1-14(2)27-18-10-8-16(9-11-18)19-23-21(28-24-19)20(26)22-17(13-25)12-15-6-4-3-5-7-15/h3-11,14,17,25H,12-13H2,1-2H3,(H,22,26). The van der Waals surface area contributed by atoms with E-state index in [-0.39, 0.29) is 18.6 Å². The van der Waals surface area contributed by atoms with Crippen molar-refractivity contribution in [1.82, 2.24) is 15.5 Å². The van der Waals surface area contributed by atoms with Gasteiger partial charge in [-0.25, -0.2) is 0 Å². The predicted molar refractivity (Wildman–Crippen MR) is 104 cm³/mol. The van der Waals surface area contributed by atoms with E-state index in [0.717, 1.165) is 11.3 Å². The van der Waals surface area contributed by atoms with Crippen LogP contribution in [0.1, 0.15) is 30.1 Å². The van der Waals surface area contributed by atoms with Gasteiger partial charge < -0.3 is 19.7 Å². The van der Waals surface area contributed by atoms with Gasteiger partial charge in [0, 0.05) is 5.56 Å². The number of nitrogens with one attached hydrogen (secondary N) is 1. The van der Waals surface area contributed by atoms with Crippen LogP contribution in [0.15, 0.2) is 59.1 Å². The number of hydrogen-bond donors (Lipinski definition) is 2. The summed E-state index contributed by atoms with van der Waals surface area (Å²) in [5, 5.41) is 16.1. The van der Waals surface area contributed by atoms with Crippen LogP contribution < -0.4 is 10.1 Å². The van der Waals surface area contributed by atoms with E-state index in [9.17, 15) is 9.90 Å². The molecule has 0 spiro atoms. The Hall–Kier alpha value is -3.19. The van der Waals surface area contributed by atoms with Crippen molar-refractivity contribution in [1.29, 1.82) is 0 Å². The second kappa shape index (κ2) is 9.14. The predicted octanol–water partition coefficient (Wildman–Crippen LogP) is 2.86. The van der Waals surface area contributed by atoms with Crippen molar-refractivity contribution in [2.75, 3.05) is 6.61 Å². The molecule has 0 aliphatic rings. The molecule has 3 aromatic rings. The summed E-state index contributed by atoms with van der Waals surface area (Å²) in [5.74, 6) is 0.384. The molecule has 0 saturated heterocycles. The maximum atomic E-state index is 12.4. The monoisotopic (exact) mass is 381 g/mol. The maximum absolute atomic E-state index is 12.4. The first-order chi connectivity index (χ1) is 13.5. The minimum absolute atomic E-state index is 0.0849. The molecule has 1 amide bonds. The Kier molecular flexibility index (Phi) is 6.39. The molecule has 1 unspecified atom stereocenters. The number of nitrogens with zero attached hydrogens (tertiary/aromatic N) is 2. The lowest BCUT2D eigenvalue weighted by Crippen LogP contribution is -2.39. The van der Waals surface area contributed by atoms with Crippen molar-refractivity contribution in [3.05, 3.63) is 66.1 Å². The van der Waals surface area contributed by atoms with Gasteiger partial charge in [-0.2, -0.15) is 4.98 Å². The largest absolute Gasteiger partial charge is 0.491 e. The molecule has 1 aromatic heterocycles. The normalized spacial score (nSPS) is 12.0. The van der Waals surface area contributed by atoms with Crippen LogP contribution in [0.4, 0.5) is 0 Å². The minimum Gasteiger partial charge on any atom is -0.491 e.